The van der Waals surface area contributed by atoms with Crippen LogP contribution in [0, 0.1) is 6.92 Å². The Hall–Kier alpha value is -2.10. The molecule has 0 bridgehead atoms. The first-order valence-corrected chi connectivity index (χ1v) is 6.28. The van der Waals surface area contributed by atoms with E-state index in [2.05, 4.69) is 0 Å². The standard InChI is InChI=1S/C15H17NO3/c1-4-19-15(18)8-11-7-10(2)16(3)14-9-12(17)5-6-13(11)14/h5-7,9H,4,8H2,1-3H3. The number of fused-ring (bicyclic) bond motifs is 1. The number of esters is 1. The molecule has 0 saturated carbocycles. The van der Waals surface area contributed by atoms with E-state index in [-0.39, 0.29) is 17.8 Å². The summed E-state index contributed by atoms with van der Waals surface area (Å²) in [5.41, 5.74) is 3.62. The molecule has 19 heavy (non-hydrogen) atoms. The van der Waals surface area contributed by atoms with Gasteiger partial charge < -0.3 is 9.30 Å². The van der Waals surface area contributed by atoms with Crippen LogP contribution in [0.15, 0.2) is 29.1 Å². The van der Waals surface area contributed by atoms with E-state index in [4.69, 9.17) is 4.74 Å². The average Bonchev–Trinajstić information content (AvgIpc) is 2.36. The molecule has 0 N–H and O–H groups in total. The van der Waals surface area contributed by atoms with Crippen molar-refractivity contribution < 1.29 is 9.53 Å². The SMILES string of the molecule is CCOC(=O)Cc1cc(C)n(C)c2cc(=O)ccc1-2. The number of hydrogen-bond acceptors (Lipinski definition) is 3. The molecule has 0 spiro atoms. The summed E-state index contributed by atoms with van der Waals surface area (Å²) in [7, 11) is 1.91. The van der Waals surface area contributed by atoms with Crippen molar-refractivity contribution in [1.82, 2.24) is 4.57 Å². The largest absolute Gasteiger partial charge is 0.466 e. The number of hydrogen-bond donors (Lipinski definition) is 0. The van der Waals surface area contributed by atoms with Gasteiger partial charge in [0.1, 0.15) is 0 Å². The van der Waals surface area contributed by atoms with Crippen molar-refractivity contribution in [2.45, 2.75) is 20.3 Å². The van der Waals surface area contributed by atoms with Crippen molar-refractivity contribution in [2.24, 2.45) is 7.05 Å². The molecule has 0 aromatic heterocycles. The third kappa shape index (κ3) is 2.67. The lowest BCUT2D eigenvalue weighted by Gasteiger charge is -2.18. The number of ether oxygens (including phenoxy) is 1. The van der Waals surface area contributed by atoms with Crippen LogP contribution in [0.25, 0.3) is 11.3 Å². The molecule has 0 unspecified atom stereocenters. The van der Waals surface area contributed by atoms with Crippen LogP contribution in [-0.4, -0.2) is 17.1 Å². The third-order valence-corrected chi connectivity index (χ3v) is 3.23. The maximum Gasteiger partial charge on any atom is 0.310 e. The summed E-state index contributed by atoms with van der Waals surface area (Å²) in [5, 5.41) is 0. The highest BCUT2D eigenvalue weighted by Crippen LogP contribution is 2.26. The second-order valence-corrected chi connectivity index (χ2v) is 4.53. The Labute approximate surface area is 112 Å². The second-order valence-electron chi connectivity index (χ2n) is 4.53. The van der Waals surface area contributed by atoms with Crippen LogP contribution < -0.4 is 5.43 Å². The number of pyridine rings is 1. The fourth-order valence-electron chi connectivity index (χ4n) is 2.19. The van der Waals surface area contributed by atoms with Gasteiger partial charge in [0.15, 0.2) is 5.43 Å². The van der Waals surface area contributed by atoms with Crippen LogP contribution in [0.1, 0.15) is 18.2 Å². The van der Waals surface area contributed by atoms with Gasteiger partial charge in [0.05, 0.1) is 18.7 Å². The number of aryl methyl sites for hydroxylation is 1. The third-order valence-electron chi connectivity index (χ3n) is 3.23. The first-order valence-electron chi connectivity index (χ1n) is 6.28. The van der Waals surface area contributed by atoms with Crippen LogP contribution in [0.3, 0.4) is 0 Å². The van der Waals surface area contributed by atoms with Crippen molar-refractivity contribution in [1.29, 1.82) is 0 Å². The number of nitrogens with zero attached hydrogens (tertiary/aromatic N) is 1. The van der Waals surface area contributed by atoms with Crippen LogP contribution >= 0.6 is 0 Å². The fourth-order valence-corrected chi connectivity index (χ4v) is 2.19. The highest BCUT2D eigenvalue weighted by molar-refractivity contribution is 5.77. The normalized spacial score (nSPS) is 10.7. The van der Waals surface area contributed by atoms with Gasteiger partial charge in [-0.05, 0) is 37.6 Å². The molecule has 4 nitrogen and oxygen atoms in total. The molecule has 100 valence electrons. The van der Waals surface area contributed by atoms with Gasteiger partial charge in [0, 0.05) is 24.4 Å². The minimum absolute atomic E-state index is 0.0317. The Kier molecular flexibility index (Phi) is 3.69. The van der Waals surface area contributed by atoms with E-state index < -0.39 is 0 Å². The Morgan fingerprint density at radius 2 is 2.05 bits per heavy atom. The Balaban J connectivity index is 2.54. The average molecular weight is 259 g/mol. The zero-order valence-corrected chi connectivity index (χ0v) is 11.4. The Morgan fingerprint density at radius 1 is 1.32 bits per heavy atom. The van der Waals surface area contributed by atoms with Crippen molar-refractivity contribution in [3.05, 3.63) is 45.7 Å². The molecule has 1 aliphatic carbocycles. The molecule has 0 fully saturated rings. The predicted octanol–water partition coefficient (Wildman–Crippen LogP) is 1.90. The fraction of sp³-hybridized carbons (Fsp3) is 0.333. The van der Waals surface area contributed by atoms with Gasteiger partial charge in [-0.2, -0.15) is 0 Å². The molecule has 0 radical (unpaired) electrons. The summed E-state index contributed by atoms with van der Waals surface area (Å²) in [4.78, 5) is 23.1. The molecule has 2 aliphatic rings. The molecule has 0 atom stereocenters. The monoisotopic (exact) mass is 259 g/mol. The van der Waals surface area contributed by atoms with Gasteiger partial charge in [-0.3, -0.25) is 9.59 Å². The van der Waals surface area contributed by atoms with E-state index in [1.165, 1.54) is 6.07 Å². The number of benzene rings is 1. The van der Waals surface area contributed by atoms with E-state index in [1.807, 2.05) is 24.6 Å². The second kappa shape index (κ2) is 5.26. The highest BCUT2D eigenvalue weighted by Gasteiger charge is 2.15. The first kappa shape index (κ1) is 13.3. The van der Waals surface area contributed by atoms with Crippen LogP contribution in [-0.2, 0) is 23.0 Å². The maximum atomic E-state index is 11.6. The number of aromatic nitrogens is 1. The topological polar surface area (TPSA) is 48.3 Å². The molecule has 4 heteroatoms. The van der Waals surface area contributed by atoms with E-state index >= 15 is 0 Å². The Morgan fingerprint density at radius 3 is 2.74 bits per heavy atom. The van der Waals surface area contributed by atoms with Crippen molar-refractivity contribution in [3.63, 3.8) is 0 Å². The van der Waals surface area contributed by atoms with Crippen LogP contribution in [0.4, 0.5) is 0 Å². The summed E-state index contributed by atoms with van der Waals surface area (Å²) < 4.78 is 6.93. The summed E-state index contributed by atoms with van der Waals surface area (Å²) >= 11 is 0. The van der Waals surface area contributed by atoms with Crippen molar-refractivity contribution in [3.8, 4) is 11.3 Å². The predicted molar refractivity (Wildman–Crippen MR) is 73.4 cm³/mol. The van der Waals surface area contributed by atoms with Crippen molar-refractivity contribution >= 4 is 5.97 Å². The van der Waals surface area contributed by atoms with E-state index in [0.717, 1.165) is 22.5 Å². The molecular formula is C15H17NO3. The lowest BCUT2D eigenvalue weighted by atomic mass is 9.99. The molecule has 0 aromatic carbocycles. The van der Waals surface area contributed by atoms with Crippen LogP contribution in [0.2, 0.25) is 0 Å². The summed E-state index contributed by atoms with van der Waals surface area (Å²) in [6.45, 7) is 4.11. The van der Waals surface area contributed by atoms with Gasteiger partial charge in [-0.1, -0.05) is 0 Å². The summed E-state index contributed by atoms with van der Waals surface area (Å²) in [6.07, 6.45) is 0.226. The molecular weight excluding hydrogens is 242 g/mol. The number of carbonyl (C=O) groups excluding carboxylic acids is 1. The van der Waals surface area contributed by atoms with Gasteiger partial charge in [0.25, 0.3) is 0 Å². The van der Waals surface area contributed by atoms with Gasteiger partial charge in [0.2, 0.25) is 0 Å². The number of carbonyl (C=O) groups is 1. The molecule has 0 amide bonds. The molecule has 1 aliphatic heterocycles. The number of rotatable bonds is 3. The van der Waals surface area contributed by atoms with Gasteiger partial charge in [-0.15, -0.1) is 0 Å². The molecule has 0 saturated heterocycles. The minimum atomic E-state index is -0.247. The van der Waals surface area contributed by atoms with Gasteiger partial charge in [-0.25, -0.2) is 0 Å². The zero-order chi connectivity index (χ0) is 14.0. The smallest absolute Gasteiger partial charge is 0.310 e. The highest BCUT2D eigenvalue weighted by atomic mass is 16.5. The molecule has 0 aromatic rings. The quantitative estimate of drug-likeness (QED) is 0.791. The van der Waals surface area contributed by atoms with Gasteiger partial charge >= 0.3 is 5.97 Å². The Bertz CT molecular complexity index is 643. The maximum absolute atomic E-state index is 11.6. The molecule has 1 heterocycles. The lowest BCUT2D eigenvalue weighted by Crippen LogP contribution is -2.13. The lowest BCUT2D eigenvalue weighted by molar-refractivity contribution is -0.142. The van der Waals surface area contributed by atoms with E-state index in [0.29, 0.717) is 6.61 Å². The first-order chi connectivity index (χ1) is 9.02. The summed E-state index contributed by atoms with van der Waals surface area (Å²) in [6, 6.07) is 6.85. The summed E-state index contributed by atoms with van der Waals surface area (Å²) in [5.74, 6) is -0.247. The van der Waals surface area contributed by atoms with E-state index in [9.17, 15) is 9.59 Å². The molecule has 2 rings (SSSR count). The van der Waals surface area contributed by atoms with Crippen molar-refractivity contribution in [2.75, 3.05) is 6.61 Å². The van der Waals surface area contributed by atoms with Crippen LogP contribution in [0.5, 0.6) is 0 Å². The zero-order valence-electron chi connectivity index (χ0n) is 11.4. The van der Waals surface area contributed by atoms with E-state index in [1.54, 1.807) is 19.1 Å². The minimum Gasteiger partial charge on any atom is -0.466 e.